The van der Waals surface area contributed by atoms with Crippen molar-refractivity contribution < 1.29 is 14.3 Å². The van der Waals surface area contributed by atoms with Crippen LogP contribution < -0.4 is 9.47 Å². The predicted molar refractivity (Wildman–Crippen MR) is 87.2 cm³/mol. The lowest BCUT2D eigenvalue weighted by atomic mass is 9.88. The molecule has 1 aliphatic heterocycles. The predicted octanol–water partition coefficient (Wildman–Crippen LogP) is 4.35. The van der Waals surface area contributed by atoms with Crippen LogP contribution in [0.4, 0.5) is 0 Å². The van der Waals surface area contributed by atoms with Gasteiger partial charge in [-0.3, -0.25) is 0 Å². The number of aliphatic imine (C=N–C) groups is 1. The largest absolute Gasteiger partial charge is 0.489 e. The molecule has 2 aliphatic rings. The first-order valence-corrected chi connectivity index (χ1v) is 8.44. The summed E-state index contributed by atoms with van der Waals surface area (Å²) in [4.78, 5) is 15.1. The maximum Gasteiger partial charge on any atom is 0.235 e. The minimum atomic E-state index is -0.471. The monoisotopic (exact) mass is 365 g/mol. The first-order chi connectivity index (χ1) is 10.5. The molecule has 0 spiro atoms. The van der Waals surface area contributed by atoms with Crippen LogP contribution in [0.2, 0.25) is 0 Å². The average Bonchev–Trinajstić information content (AvgIpc) is 2.88. The van der Waals surface area contributed by atoms with E-state index in [1.165, 1.54) is 0 Å². The van der Waals surface area contributed by atoms with Gasteiger partial charge < -0.3 is 9.47 Å². The Bertz CT molecular complexity index is 629. The molecule has 1 fully saturated rings. The van der Waals surface area contributed by atoms with Crippen LogP contribution in [-0.4, -0.2) is 19.3 Å². The third-order valence-electron chi connectivity index (χ3n) is 4.46. The molecule has 0 amide bonds. The van der Waals surface area contributed by atoms with E-state index in [0.717, 1.165) is 47.2 Å². The topological polar surface area (TPSA) is 47.9 Å². The molecule has 5 heteroatoms. The van der Waals surface area contributed by atoms with Crippen molar-refractivity contribution >= 4 is 22.0 Å². The van der Waals surface area contributed by atoms with E-state index in [2.05, 4.69) is 34.8 Å². The number of hydrogen-bond donors (Lipinski definition) is 0. The number of isocyanates is 1. The van der Waals surface area contributed by atoms with Gasteiger partial charge in [0.25, 0.3) is 0 Å². The highest BCUT2D eigenvalue weighted by molar-refractivity contribution is 9.10. The standard InChI is InChI=1S/C17H20BrNO3/c1-16(2)9-21-14-7-12(13(18)8-15(14)22-10-16)17(19-11-20)5-3-4-6-17/h7-8H,3-6,9-10H2,1-2H3. The summed E-state index contributed by atoms with van der Waals surface area (Å²) >= 11 is 3.62. The highest BCUT2D eigenvalue weighted by Gasteiger charge is 2.38. The van der Waals surface area contributed by atoms with Gasteiger partial charge >= 0.3 is 0 Å². The van der Waals surface area contributed by atoms with E-state index in [1.807, 2.05) is 12.1 Å². The number of fused-ring (bicyclic) bond motifs is 1. The molecule has 0 N–H and O–H groups in total. The van der Waals surface area contributed by atoms with Gasteiger partial charge in [-0.2, -0.15) is 4.99 Å². The highest BCUT2D eigenvalue weighted by Crippen LogP contribution is 2.48. The van der Waals surface area contributed by atoms with E-state index in [4.69, 9.17) is 9.47 Å². The van der Waals surface area contributed by atoms with E-state index in [0.29, 0.717) is 13.2 Å². The smallest absolute Gasteiger partial charge is 0.235 e. The number of hydrogen-bond acceptors (Lipinski definition) is 4. The number of ether oxygens (including phenoxy) is 2. The average molecular weight is 366 g/mol. The molecule has 3 rings (SSSR count). The second kappa shape index (κ2) is 5.71. The van der Waals surface area contributed by atoms with Crippen LogP contribution in [0.5, 0.6) is 11.5 Å². The van der Waals surface area contributed by atoms with Crippen molar-refractivity contribution in [2.75, 3.05) is 13.2 Å². The Morgan fingerprint density at radius 1 is 1.14 bits per heavy atom. The first kappa shape index (κ1) is 15.6. The van der Waals surface area contributed by atoms with Crippen molar-refractivity contribution in [2.24, 2.45) is 10.4 Å². The SMILES string of the molecule is CC1(C)COc2cc(Br)c(C3(N=C=O)CCCC3)cc2OC1. The van der Waals surface area contributed by atoms with Crippen molar-refractivity contribution in [3.63, 3.8) is 0 Å². The lowest BCUT2D eigenvalue weighted by Crippen LogP contribution is -2.26. The molecule has 22 heavy (non-hydrogen) atoms. The summed E-state index contributed by atoms with van der Waals surface area (Å²) in [6.07, 6.45) is 5.63. The van der Waals surface area contributed by atoms with E-state index < -0.39 is 5.54 Å². The van der Waals surface area contributed by atoms with Crippen LogP contribution in [0.25, 0.3) is 0 Å². The molecule has 0 unspecified atom stereocenters. The van der Waals surface area contributed by atoms with E-state index in [-0.39, 0.29) is 5.41 Å². The molecular formula is C17H20BrNO3. The van der Waals surface area contributed by atoms with Gasteiger partial charge in [0.1, 0.15) is 0 Å². The Morgan fingerprint density at radius 2 is 1.73 bits per heavy atom. The van der Waals surface area contributed by atoms with Crippen molar-refractivity contribution in [2.45, 2.75) is 45.1 Å². The van der Waals surface area contributed by atoms with Crippen LogP contribution in [0.15, 0.2) is 21.6 Å². The van der Waals surface area contributed by atoms with Gasteiger partial charge in [0.15, 0.2) is 11.5 Å². The molecule has 0 radical (unpaired) electrons. The molecule has 4 nitrogen and oxygen atoms in total. The van der Waals surface area contributed by atoms with Gasteiger partial charge in [0, 0.05) is 9.89 Å². The Kier molecular flexibility index (Phi) is 4.04. The van der Waals surface area contributed by atoms with E-state index in [1.54, 1.807) is 6.08 Å². The summed E-state index contributed by atoms with van der Waals surface area (Å²) in [5, 5.41) is 0. The number of carbonyl (C=O) groups excluding carboxylic acids is 1. The summed E-state index contributed by atoms with van der Waals surface area (Å²) in [6.45, 7) is 5.45. The van der Waals surface area contributed by atoms with Crippen LogP contribution in [0.3, 0.4) is 0 Å². The van der Waals surface area contributed by atoms with Gasteiger partial charge in [-0.1, -0.05) is 42.6 Å². The lowest BCUT2D eigenvalue weighted by Gasteiger charge is -2.25. The Balaban J connectivity index is 2.04. The van der Waals surface area contributed by atoms with Crippen LogP contribution in [0.1, 0.15) is 45.1 Å². The summed E-state index contributed by atoms with van der Waals surface area (Å²) in [6, 6.07) is 3.92. The maximum absolute atomic E-state index is 10.9. The fourth-order valence-electron chi connectivity index (χ4n) is 3.19. The van der Waals surface area contributed by atoms with Gasteiger partial charge in [0.2, 0.25) is 6.08 Å². The van der Waals surface area contributed by atoms with Crippen molar-refractivity contribution in [1.29, 1.82) is 0 Å². The summed E-state index contributed by atoms with van der Waals surface area (Å²) < 4.78 is 12.8. The minimum absolute atomic E-state index is 0.0301. The van der Waals surface area contributed by atoms with Crippen molar-refractivity contribution in [1.82, 2.24) is 0 Å². The zero-order valence-corrected chi connectivity index (χ0v) is 14.5. The third-order valence-corrected chi connectivity index (χ3v) is 5.12. The fourth-order valence-corrected chi connectivity index (χ4v) is 3.89. The van der Waals surface area contributed by atoms with Crippen molar-refractivity contribution in [3.05, 3.63) is 22.2 Å². The van der Waals surface area contributed by atoms with Gasteiger partial charge in [-0.15, -0.1) is 0 Å². The molecule has 0 saturated heterocycles. The van der Waals surface area contributed by atoms with Crippen molar-refractivity contribution in [3.8, 4) is 11.5 Å². The molecule has 0 bridgehead atoms. The Morgan fingerprint density at radius 3 is 2.32 bits per heavy atom. The molecule has 1 aromatic rings. The molecule has 1 aromatic carbocycles. The van der Waals surface area contributed by atoms with Crippen LogP contribution in [-0.2, 0) is 10.3 Å². The minimum Gasteiger partial charge on any atom is -0.489 e. The summed E-state index contributed by atoms with van der Waals surface area (Å²) in [5.74, 6) is 1.47. The van der Waals surface area contributed by atoms with E-state index >= 15 is 0 Å². The number of halogens is 1. The highest BCUT2D eigenvalue weighted by atomic mass is 79.9. The number of benzene rings is 1. The number of nitrogens with zero attached hydrogens (tertiary/aromatic N) is 1. The molecule has 1 aliphatic carbocycles. The van der Waals surface area contributed by atoms with Gasteiger partial charge in [-0.05, 0) is 30.5 Å². The van der Waals surface area contributed by atoms with Gasteiger partial charge in [-0.25, -0.2) is 4.79 Å². The maximum atomic E-state index is 10.9. The second-order valence-electron chi connectivity index (χ2n) is 6.96. The Hall–Kier alpha value is -1.32. The zero-order chi connectivity index (χ0) is 15.8. The van der Waals surface area contributed by atoms with Crippen LogP contribution in [0, 0.1) is 5.41 Å². The number of rotatable bonds is 2. The molecule has 0 atom stereocenters. The summed E-state index contributed by atoms with van der Waals surface area (Å²) in [5.41, 5.74) is 0.494. The molecule has 0 aromatic heterocycles. The van der Waals surface area contributed by atoms with Gasteiger partial charge in [0.05, 0.1) is 18.8 Å². The fraction of sp³-hybridized carbons (Fsp3) is 0.588. The molecule has 1 heterocycles. The zero-order valence-electron chi connectivity index (χ0n) is 12.9. The second-order valence-corrected chi connectivity index (χ2v) is 7.82. The quantitative estimate of drug-likeness (QED) is 0.578. The molecule has 1 saturated carbocycles. The first-order valence-electron chi connectivity index (χ1n) is 7.64. The van der Waals surface area contributed by atoms with E-state index in [9.17, 15) is 4.79 Å². The molecular weight excluding hydrogens is 346 g/mol. The normalized spacial score (nSPS) is 21.8. The summed E-state index contributed by atoms with van der Waals surface area (Å²) in [7, 11) is 0. The third kappa shape index (κ3) is 2.80. The Labute approximate surface area is 139 Å². The molecule has 118 valence electrons. The lowest BCUT2D eigenvalue weighted by molar-refractivity contribution is 0.140. The van der Waals surface area contributed by atoms with Crippen LogP contribution >= 0.6 is 15.9 Å².